The third-order valence-corrected chi connectivity index (χ3v) is 10.2. The highest BCUT2D eigenvalue weighted by atomic mass is 16.5. The van der Waals surface area contributed by atoms with Crippen LogP contribution in [0, 0.1) is 0 Å². The van der Waals surface area contributed by atoms with Crippen LogP contribution < -0.4 is 30.8 Å². The fraction of sp³-hybridized carbons (Fsp3) is 0. The Kier molecular flexibility index (Phi) is 7.25. The van der Waals surface area contributed by atoms with Gasteiger partial charge in [-0.3, -0.25) is 0 Å². The van der Waals surface area contributed by atoms with Gasteiger partial charge in [-0.1, -0.05) is 146 Å². The molecular weight excluding hydrogens is 633 g/mol. The molecule has 0 spiro atoms. The molecule has 3 nitrogen and oxygen atoms in total. The van der Waals surface area contributed by atoms with Crippen molar-refractivity contribution >= 4 is 40.2 Å². The van der Waals surface area contributed by atoms with E-state index in [0.29, 0.717) is 0 Å². The van der Waals surface area contributed by atoms with E-state index in [1.54, 1.807) is 0 Å². The van der Waals surface area contributed by atoms with Crippen LogP contribution in [0.4, 0.5) is 17.1 Å². The summed E-state index contributed by atoms with van der Waals surface area (Å²) in [6.45, 7) is -0.0484. The molecule has 10 rings (SSSR count). The predicted octanol–water partition coefficient (Wildman–Crippen LogP) is 10.9. The van der Waals surface area contributed by atoms with Crippen molar-refractivity contribution < 1.29 is 9.47 Å². The van der Waals surface area contributed by atoms with Gasteiger partial charge < -0.3 is 14.4 Å². The maximum Gasteiger partial charge on any atom is 0.260 e. The molecule has 8 aromatic carbocycles. The van der Waals surface area contributed by atoms with E-state index < -0.39 is 0 Å². The van der Waals surface area contributed by atoms with Gasteiger partial charge in [0.2, 0.25) is 0 Å². The number of anilines is 3. The molecule has 2 aliphatic rings. The van der Waals surface area contributed by atoms with E-state index >= 15 is 0 Å². The average molecular weight is 666 g/mol. The highest BCUT2D eigenvalue weighted by Crippen LogP contribution is 2.44. The molecule has 2 aliphatic heterocycles. The number of fused-ring (bicyclic) bond motifs is 4. The molecule has 244 valence electrons. The van der Waals surface area contributed by atoms with Crippen LogP contribution in [0.25, 0.3) is 33.4 Å². The molecule has 2 heterocycles. The summed E-state index contributed by atoms with van der Waals surface area (Å²) in [7, 11) is 0. The van der Waals surface area contributed by atoms with Gasteiger partial charge in [-0.2, -0.15) is 0 Å². The molecule has 0 aliphatic carbocycles. The van der Waals surface area contributed by atoms with Gasteiger partial charge >= 0.3 is 0 Å². The number of para-hydroxylation sites is 1. The normalized spacial score (nSPS) is 12.1. The van der Waals surface area contributed by atoms with E-state index in [1.165, 1.54) is 5.56 Å². The van der Waals surface area contributed by atoms with E-state index in [-0.39, 0.29) is 6.71 Å². The second-order valence-electron chi connectivity index (χ2n) is 13.3. The smallest absolute Gasteiger partial charge is 0.260 e. The molecule has 8 aromatic rings. The minimum Gasteiger partial charge on any atom is -0.458 e. The van der Waals surface area contributed by atoms with Crippen molar-refractivity contribution in [2.24, 2.45) is 0 Å². The molecule has 0 saturated carbocycles. The summed E-state index contributed by atoms with van der Waals surface area (Å²) in [6, 6.07) is 68.3. The first kappa shape index (κ1) is 30.1. The van der Waals surface area contributed by atoms with Gasteiger partial charge in [-0.25, -0.2) is 0 Å². The summed E-state index contributed by atoms with van der Waals surface area (Å²) in [4.78, 5) is 2.29. The lowest BCUT2D eigenvalue weighted by molar-refractivity contribution is 0.465. The lowest BCUT2D eigenvalue weighted by atomic mass is 9.34. The van der Waals surface area contributed by atoms with E-state index in [0.717, 1.165) is 84.3 Å². The molecule has 0 N–H and O–H groups in total. The molecular formula is C48H32BNO2. The van der Waals surface area contributed by atoms with Crippen LogP contribution in [0.1, 0.15) is 0 Å². The van der Waals surface area contributed by atoms with Crippen molar-refractivity contribution in [3.8, 4) is 56.4 Å². The van der Waals surface area contributed by atoms with Crippen LogP contribution in [-0.2, 0) is 0 Å². The van der Waals surface area contributed by atoms with Crippen molar-refractivity contribution in [1.29, 1.82) is 0 Å². The average Bonchev–Trinajstić information content (AvgIpc) is 3.22. The zero-order chi connectivity index (χ0) is 34.4. The van der Waals surface area contributed by atoms with Crippen LogP contribution in [-0.4, -0.2) is 6.71 Å². The lowest BCUT2D eigenvalue weighted by Gasteiger charge is -2.35. The fourth-order valence-electron chi connectivity index (χ4n) is 7.71. The third-order valence-electron chi connectivity index (χ3n) is 10.2. The quantitative estimate of drug-likeness (QED) is 0.165. The van der Waals surface area contributed by atoms with E-state index in [1.807, 2.05) is 0 Å². The topological polar surface area (TPSA) is 21.7 Å². The number of ether oxygens (including phenoxy) is 2. The fourth-order valence-corrected chi connectivity index (χ4v) is 7.71. The maximum absolute atomic E-state index is 6.94. The van der Waals surface area contributed by atoms with Gasteiger partial charge in [0.05, 0.1) is 5.69 Å². The third kappa shape index (κ3) is 5.24. The molecule has 0 aromatic heterocycles. The maximum atomic E-state index is 6.94. The van der Waals surface area contributed by atoms with Gasteiger partial charge in [0.1, 0.15) is 23.0 Å². The number of hydrogen-bond donors (Lipinski definition) is 0. The Morgan fingerprint density at radius 2 is 0.731 bits per heavy atom. The highest BCUT2D eigenvalue weighted by Gasteiger charge is 2.41. The summed E-state index contributed by atoms with van der Waals surface area (Å²) in [5.74, 6) is 3.32. The number of rotatable bonds is 6. The Morgan fingerprint density at radius 1 is 0.308 bits per heavy atom. The van der Waals surface area contributed by atoms with Crippen molar-refractivity contribution in [3.05, 3.63) is 194 Å². The largest absolute Gasteiger partial charge is 0.458 e. The summed E-state index contributed by atoms with van der Waals surface area (Å²) in [5.41, 5.74) is 13.2. The van der Waals surface area contributed by atoms with Crippen LogP contribution in [0.15, 0.2) is 194 Å². The number of nitrogens with zero attached hydrogens (tertiary/aromatic N) is 1. The SMILES string of the molecule is c1ccc(-c2cccc(N(c3ccccc3)c3cc4c5c(c3)Oc3cc(-c6ccccc6)ccc3B5c3ccc(-c5ccccc5)cc3O4)c2)cc1. The number of hydrogen-bond acceptors (Lipinski definition) is 3. The standard InChI is InChI=1S/C48H32BNO2/c1-5-14-33(15-6-1)36-20-13-23-40(28-36)50(39-21-11-4-12-22-39)41-31-46-48-47(32-41)52-45-30-38(35-18-9-3-10-19-35)25-27-43(45)49(48)42-26-24-37(29-44(42)51-46)34-16-7-2-8-17-34/h1-32H. The van der Waals surface area contributed by atoms with Gasteiger partial charge in [0, 0.05) is 29.0 Å². The molecule has 0 amide bonds. The number of benzene rings is 8. The highest BCUT2D eigenvalue weighted by molar-refractivity contribution is 6.98. The first-order valence-electron chi connectivity index (χ1n) is 17.7. The van der Waals surface area contributed by atoms with Crippen molar-refractivity contribution in [2.75, 3.05) is 4.90 Å². The molecule has 0 unspecified atom stereocenters. The molecule has 52 heavy (non-hydrogen) atoms. The summed E-state index contributed by atoms with van der Waals surface area (Å²) in [5, 5.41) is 0. The minimum atomic E-state index is -0.0484. The van der Waals surface area contributed by atoms with Crippen LogP contribution >= 0.6 is 0 Å². The molecule has 0 bridgehead atoms. The van der Waals surface area contributed by atoms with Gasteiger partial charge in [-0.05, 0) is 80.7 Å². The molecule has 0 atom stereocenters. The molecule has 0 fully saturated rings. The Bertz CT molecular complexity index is 2460. The molecule has 4 heteroatoms. The van der Waals surface area contributed by atoms with Crippen molar-refractivity contribution in [1.82, 2.24) is 0 Å². The minimum absolute atomic E-state index is 0.0484. The zero-order valence-electron chi connectivity index (χ0n) is 28.3. The van der Waals surface area contributed by atoms with Gasteiger partial charge in [0.25, 0.3) is 6.71 Å². The Hall–Kier alpha value is -6.78. The van der Waals surface area contributed by atoms with Gasteiger partial charge in [0.15, 0.2) is 0 Å². The van der Waals surface area contributed by atoms with Crippen LogP contribution in [0.2, 0.25) is 0 Å². The van der Waals surface area contributed by atoms with Crippen LogP contribution in [0.5, 0.6) is 23.0 Å². The lowest BCUT2D eigenvalue weighted by Crippen LogP contribution is -2.57. The van der Waals surface area contributed by atoms with Gasteiger partial charge in [-0.15, -0.1) is 0 Å². The summed E-state index contributed by atoms with van der Waals surface area (Å²) < 4.78 is 13.9. The monoisotopic (exact) mass is 665 g/mol. The summed E-state index contributed by atoms with van der Waals surface area (Å²) in [6.07, 6.45) is 0. The van der Waals surface area contributed by atoms with E-state index in [4.69, 9.17) is 9.47 Å². The van der Waals surface area contributed by atoms with Crippen molar-refractivity contribution in [2.45, 2.75) is 0 Å². The van der Waals surface area contributed by atoms with Crippen LogP contribution in [0.3, 0.4) is 0 Å². The molecule has 0 radical (unpaired) electrons. The first-order chi connectivity index (χ1) is 25.8. The van der Waals surface area contributed by atoms with Crippen molar-refractivity contribution in [3.63, 3.8) is 0 Å². The second-order valence-corrected chi connectivity index (χ2v) is 13.3. The van der Waals surface area contributed by atoms with E-state index in [2.05, 4.69) is 199 Å². The Balaban J connectivity index is 1.17. The second kappa shape index (κ2) is 12.5. The Morgan fingerprint density at radius 3 is 1.23 bits per heavy atom. The first-order valence-corrected chi connectivity index (χ1v) is 17.7. The zero-order valence-corrected chi connectivity index (χ0v) is 28.3. The van der Waals surface area contributed by atoms with E-state index in [9.17, 15) is 0 Å². The summed E-state index contributed by atoms with van der Waals surface area (Å²) >= 11 is 0. The Labute approximate surface area is 304 Å². The molecule has 0 saturated heterocycles. The predicted molar refractivity (Wildman–Crippen MR) is 215 cm³/mol.